The lowest BCUT2D eigenvalue weighted by Crippen LogP contribution is -2.00. The van der Waals surface area contributed by atoms with E-state index < -0.39 is 5.97 Å². The Kier molecular flexibility index (Phi) is 4.60. The maximum absolute atomic E-state index is 10.3. The van der Waals surface area contributed by atoms with E-state index in [0.29, 0.717) is 5.69 Å². The summed E-state index contributed by atoms with van der Waals surface area (Å²) in [5.41, 5.74) is 0.694. The van der Waals surface area contributed by atoms with Crippen LogP contribution in [0.3, 0.4) is 0 Å². The van der Waals surface area contributed by atoms with Crippen molar-refractivity contribution >= 4 is 5.97 Å². The average molecular weight is 168 g/mol. The summed E-state index contributed by atoms with van der Waals surface area (Å²) >= 11 is 0. The van der Waals surface area contributed by atoms with Gasteiger partial charge in [-0.1, -0.05) is 13.8 Å². The summed E-state index contributed by atoms with van der Waals surface area (Å²) in [5, 5.41) is 8.42. The van der Waals surface area contributed by atoms with Crippen LogP contribution < -0.4 is 0 Å². The highest BCUT2D eigenvalue weighted by Gasteiger charge is 2.02. The quantitative estimate of drug-likeness (QED) is 0.690. The van der Waals surface area contributed by atoms with Crippen molar-refractivity contribution < 1.29 is 9.90 Å². The van der Waals surface area contributed by atoms with E-state index in [0.717, 1.165) is 0 Å². The van der Waals surface area contributed by atoms with Crippen LogP contribution in [-0.4, -0.2) is 21.0 Å². The van der Waals surface area contributed by atoms with E-state index in [-0.39, 0.29) is 5.69 Å². The molecule has 0 amide bonds. The first-order valence-electron chi connectivity index (χ1n) is 3.72. The van der Waals surface area contributed by atoms with Crippen LogP contribution in [0.4, 0.5) is 0 Å². The molecule has 12 heavy (non-hydrogen) atoms. The number of hydrogen-bond donors (Lipinski definition) is 1. The minimum Gasteiger partial charge on any atom is -0.477 e. The summed E-state index contributed by atoms with van der Waals surface area (Å²) < 4.78 is 0. The molecule has 0 spiro atoms. The Bertz CT molecular complexity index is 261. The third kappa shape index (κ3) is 3.09. The zero-order valence-electron chi connectivity index (χ0n) is 7.40. The number of aromatic carboxylic acids is 1. The van der Waals surface area contributed by atoms with Crippen molar-refractivity contribution in [3.05, 3.63) is 23.8 Å². The van der Waals surface area contributed by atoms with Gasteiger partial charge in [0, 0.05) is 5.69 Å². The van der Waals surface area contributed by atoms with E-state index in [4.69, 9.17) is 5.11 Å². The molecule has 0 aromatic carbocycles. The monoisotopic (exact) mass is 168 g/mol. The highest BCUT2D eigenvalue weighted by molar-refractivity contribution is 5.85. The molecule has 0 radical (unpaired) electrons. The Morgan fingerprint density at radius 3 is 2.33 bits per heavy atom. The van der Waals surface area contributed by atoms with Crippen LogP contribution >= 0.6 is 0 Å². The van der Waals surface area contributed by atoms with Gasteiger partial charge in [0.2, 0.25) is 0 Å². The fourth-order valence-corrected chi connectivity index (χ4v) is 0.571. The van der Waals surface area contributed by atoms with E-state index in [1.54, 1.807) is 6.92 Å². The van der Waals surface area contributed by atoms with Gasteiger partial charge in [0.1, 0.15) is 6.33 Å². The molecule has 1 heterocycles. The lowest BCUT2D eigenvalue weighted by molar-refractivity contribution is 0.0690. The largest absolute Gasteiger partial charge is 0.477 e. The smallest absolute Gasteiger partial charge is 0.354 e. The highest BCUT2D eigenvalue weighted by Crippen LogP contribution is 1.94. The van der Waals surface area contributed by atoms with Crippen LogP contribution in [0, 0.1) is 6.92 Å². The van der Waals surface area contributed by atoms with Crippen LogP contribution in [-0.2, 0) is 0 Å². The van der Waals surface area contributed by atoms with Crippen molar-refractivity contribution in [1.82, 2.24) is 9.97 Å². The molecule has 0 saturated heterocycles. The van der Waals surface area contributed by atoms with Crippen molar-refractivity contribution in [2.24, 2.45) is 0 Å². The topological polar surface area (TPSA) is 63.1 Å². The first-order chi connectivity index (χ1) is 5.70. The van der Waals surface area contributed by atoms with Gasteiger partial charge in [0.25, 0.3) is 0 Å². The van der Waals surface area contributed by atoms with E-state index in [1.165, 1.54) is 12.4 Å². The second kappa shape index (κ2) is 5.23. The van der Waals surface area contributed by atoms with Crippen molar-refractivity contribution in [2.75, 3.05) is 0 Å². The van der Waals surface area contributed by atoms with Gasteiger partial charge in [-0.05, 0) is 13.0 Å². The fraction of sp³-hybridized carbons (Fsp3) is 0.375. The number of aromatic nitrogens is 2. The second-order valence-electron chi connectivity index (χ2n) is 1.85. The van der Waals surface area contributed by atoms with E-state index in [9.17, 15) is 4.79 Å². The molecule has 4 nitrogen and oxygen atoms in total. The molecule has 66 valence electrons. The molecule has 1 aromatic heterocycles. The minimum atomic E-state index is -1.02. The molecule has 0 saturated carbocycles. The summed E-state index contributed by atoms with van der Waals surface area (Å²) in [7, 11) is 0. The first-order valence-corrected chi connectivity index (χ1v) is 3.72. The highest BCUT2D eigenvalue weighted by atomic mass is 16.4. The molecule has 0 fully saturated rings. The molecular weight excluding hydrogens is 156 g/mol. The Balaban J connectivity index is 0.000000561. The van der Waals surface area contributed by atoms with Crippen LogP contribution in [0.1, 0.15) is 30.0 Å². The molecular formula is C8H12N2O2. The van der Waals surface area contributed by atoms with Gasteiger partial charge >= 0.3 is 5.97 Å². The van der Waals surface area contributed by atoms with Crippen LogP contribution in [0.15, 0.2) is 12.4 Å². The SMILES string of the molecule is CC.Cc1cc(C(=O)O)ncn1. The molecule has 0 bridgehead atoms. The summed E-state index contributed by atoms with van der Waals surface area (Å²) in [6.45, 7) is 5.72. The molecule has 1 N–H and O–H groups in total. The van der Waals surface area contributed by atoms with Crippen molar-refractivity contribution in [3.63, 3.8) is 0 Å². The molecule has 0 unspecified atom stereocenters. The van der Waals surface area contributed by atoms with Gasteiger partial charge in [-0.3, -0.25) is 0 Å². The van der Waals surface area contributed by atoms with Gasteiger partial charge < -0.3 is 5.11 Å². The third-order valence-electron chi connectivity index (χ3n) is 1.02. The van der Waals surface area contributed by atoms with Gasteiger partial charge in [0.15, 0.2) is 5.69 Å². The lowest BCUT2D eigenvalue weighted by Gasteiger charge is -1.91. The van der Waals surface area contributed by atoms with Gasteiger partial charge in [-0.25, -0.2) is 14.8 Å². The van der Waals surface area contributed by atoms with E-state index in [2.05, 4.69) is 9.97 Å². The number of nitrogens with zero attached hydrogens (tertiary/aromatic N) is 2. The molecule has 1 aromatic rings. The molecule has 0 aliphatic rings. The van der Waals surface area contributed by atoms with Crippen LogP contribution in [0.5, 0.6) is 0 Å². The zero-order valence-corrected chi connectivity index (χ0v) is 7.40. The Morgan fingerprint density at radius 1 is 1.42 bits per heavy atom. The lowest BCUT2D eigenvalue weighted by atomic mass is 10.3. The first kappa shape index (κ1) is 10.6. The van der Waals surface area contributed by atoms with Gasteiger partial charge in [0.05, 0.1) is 0 Å². The Morgan fingerprint density at radius 2 is 2.00 bits per heavy atom. The molecule has 0 aliphatic heterocycles. The number of carbonyl (C=O) groups is 1. The number of carboxylic acid groups (broad SMARTS) is 1. The van der Waals surface area contributed by atoms with Crippen molar-refractivity contribution in [2.45, 2.75) is 20.8 Å². The maximum atomic E-state index is 10.3. The summed E-state index contributed by atoms with van der Waals surface area (Å²) in [4.78, 5) is 17.5. The van der Waals surface area contributed by atoms with Crippen LogP contribution in [0.2, 0.25) is 0 Å². The average Bonchev–Trinajstić information content (AvgIpc) is 2.08. The zero-order chi connectivity index (χ0) is 9.56. The summed E-state index contributed by atoms with van der Waals surface area (Å²) in [6.07, 6.45) is 1.23. The third-order valence-corrected chi connectivity index (χ3v) is 1.02. The minimum absolute atomic E-state index is 0.0347. The van der Waals surface area contributed by atoms with E-state index in [1.807, 2.05) is 13.8 Å². The summed E-state index contributed by atoms with van der Waals surface area (Å²) in [6, 6.07) is 1.42. The summed E-state index contributed by atoms with van der Waals surface area (Å²) in [5.74, 6) is -1.02. The van der Waals surface area contributed by atoms with Gasteiger partial charge in [-0.15, -0.1) is 0 Å². The number of rotatable bonds is 1. The van der Waals surface area contributed by atoms with E-state index >= 15 is 0 Å². The molecule has 1 rings (SSSR count). The van der Waals surface area contributed by atoms with Crippen LogP contribution in [0.25, 0.3) is 0 Å². The van der Waals surface area contributed by atoms with Gasteiger partial charge in [-0.2, -0.15) is 0 Å². The number of hydrogen-bond acceptors (Lipinski definition) is 3. The fourth-order valence-electron chi connectivity index (χ4n) is 0.571. The molecule has 0 aliphatic carbocycles. The normalized spacial score (nSPS) is 8.25. The standard InChI is InChI=1S/C6H6N2O2.C2H6/c1-4-2-5(6(9)10)8-3-7-4;1-2/h2-3H,1H3,(H,9,10);1-2H3. The maximum Gasteiger partial charge on any atom is 0.354 e. The van der Waals surface area contributed by atoms with Crippen molar-refractivity contribution in [1.29, 1.82) is 0 Å². The van der Waals surface area contributed by atoms with Crippen molar-refractivity contribution in [3.8, 4) is 0 Å². The predicted molar refractivity (Wildman–Crippen MR) is 45.1 cm³/mol. The number of carboxylic acids is 1. The molecule has 0 atom stereocenters. The Hall–Kier alpha value is -1.45. The Labute approximate surface area is 71.3 Å². The molecule has 4 heteroatoms. The second-order valence-corrected chi connectivity index (χ2v) is 1.85. The number of aryl methyl sites for hydroxylation is 1. The predicted octanol–water partition coefficient (Wildman–Crippen LogP) is 1.51.